The van der Waals surface area contributed by atoms with Crippen molar-refractivity contribution in [2.45, 2.75) is 26.1 Å². The lowest BCUT2D eigenvalue weighted by Gasteiger charge is -2.15. The molecule has 9 heteroatoms. The molecule has 0 amide bonds. The second-order valence-corrected chi connectivity index (χ2v) is 7.00. The SMILES string of the molecule is CC(C)NCCS(=O)(=O)Nc1ccc(Cl)cc1C(F)(F)F. The van der Waals surface area contributed by atoms with Gasteiger partial charge in [-0.05, 0) is 18.2 Å². The van der Waals surface area contributed by atoms with Gasteiger partial charge in [0.2, 0.25) is 10.0 Å². The van der Waals surface area contributed by atoms with Crippen molar-refractivity contribution in [1.82, 2.24) is 5.32 Å². The van der Waals surface area contributed by atoms with Crippen LogP contribution in [0.15, 0.2) is 18.2 Å². The lowest BCUT2D eigenvalue weighted by atomic mass is 10.2. The summed E-state index contributed by atoms with van der Waals surface area (Å²) in [6.45, 7) is 3.81. The molecular formula is C12H16ClF3N2O2S. The van der Waals surface area contributed by atoms with E-state index in [2.05, 4.69) is 5.32 Å². The molecule has 0 aliphatic rings. The normalized spacial score (nSPS) is 12.7. The Kier molecular flexibility index (Phi) is 5.89. The Balaban J connectivity index is 2.92. The van der Waals surface area contributed by atoms with Crippen LogP contribution in [0.3, 0.4) is 0 Å². The average molecular weight is 345 g/mol. The van der Waals surface area contributed by atoms with E-state index in [0.717, 1.165) is 6.07 Å². The van der Waals surface area contributed by atoms with Gasteiger partial charge in [-0.15, -0.1) is 0 Å². The number of anilines is 1. The van der Waals surface area contributed by atoms with Crippen molar-refractivity contribution in [2.75, 3.05) is 17.0 Å². The van der Waals surface area contributed by atoms with Crippen LogP contribution < -0.4 is 10.0 Å². The zero-order chi connectivity index (χ0) is 16.3. The first-order valence-corrected chi connectivity index (χ1v) is 8.15. The fourth-order valence-electron chi connectivity index (χ4n) is 1.54. The molecule has 1 rings (SSSR count). The van der Waals surface area contributed by atoms with Gasteiger partial charge in [0.1, 0.15) is 0 Å². The lowest BCUT2D eigenvalue weighted by Crippen LogP contribution is -2.31. The van der Waals surface area contributed by atoms with Crippen molar-refractivity contribution in [1.29, 1.82) is 0 Å². The highest BCUT2D eigenvalue weighted by Crippen LogP contribution is 2.36. The van der Waals surface area contributed by atoms with Crippen molar-refractivity contribution in [3.63, 3.8) is 0 Å². The van der Waals surface area contributed by atoms with E-state index in [9.17, 15) is 21.6 Å². The Morgan fingerprint density at radius 3 is 2.43 bits per heavy atom. The van der Waals surface area contributed by atoms with Gasteiger partial charge in [0.15, 0.2) is 0 Å². The first kappa shape index (κ1) is 18.1. The van der Waals surface area contributed by atoms with E-state index in [1.165, 1.54) is 6.07 Å². The summed E-state index contributed by atoms with van der Waals surface area (Å²) in [6.07, 6.45) is -4.70. The lowest BCUT2D eigenvalue weighted by molar-refractivity contribution is -0.136. The van der Waals surface area contributed by atoms with Crippen LogP contribution in [0.25, 0.3) is 0 Å². The van der Waals surface area contributed by atoms with Crippen molar-refractivity contribution >= 4 is 27.3 Å². The maximum absolute atomic E-state index is 12.9. The van der Waals surface area contributed by atoms with Gasteiger partial charge in [-0.2, -0.15) is 13.2 Å². The van der Waals surface area contributed by atoms with Crippen LogP contribution in [0.4, 0.5) is 18.9 Å². The van der Waals surface area contributed by atoms with E-state index in [4.69, 9.17) is 11.6 Å². The summed E-state index contributed by atoms with van der Waals surface area (Å²) in [7, 11) is -3.88. The maximum Gasteiger partial charge on any atom is 0.418 e. The van der Waals surface area contributed by atoms with Crippen molar-refractivity contribution in [2.24, 2.45) is 0 Å². The molecule has 0 heterocycles. The summed E-state index contributed by atoms with van der Waals surface area (Å²) >= 11 is 5.53. The molecule has 0 saturated heterocycles. The number of rotatable bonds is 6. The zero-order valence-corrected chi connectivity index (χ0v) is 13.0. The highest BCUT2D eigenvalue weighted by molar-refractivity contribution is 7.92. The van der Waals surface area contributed by atoms with E-state index >= 15 is 0 Å². The molecular weight excluding hydrogens is 329 g/mol. The van der Waals surface area contributed by atoms with Gasteiger partial charge in [-0.3, -0.25) is 4.72 Å². The Labute approximate surface area is 126 Å². The van der Waals surface area contributed by atoms with Gasteiger partial charge in [-0.1, -0.05) is 25.4 Å². The standard InChI is InChI=1S/C12H16ClF3N2O2S/c1-8(2)17-5-6-21(19,20)18-11-4-3-9(13)7-10(11)12(14,15)16/h3-4,7-8,17-18H,5-6H2,1-2H3. The quantitative estimate of drug-likeness (QED) is 0.833. The van der Waals surface area contributed by atoms with E-state index in [1.54, 1.807) is 0 Å². The first-order valence-electron chi connectivity index (χ1n) is 6.12. The molecule has 21 heavy (non-hydrogen) atoms. The average Bonchev–Trinajstić information content (AvgIpc) is 2.29. The van der Waals surface area contributed by atoms with E-state index in [1.807, 2.05) is 18.6 Å². The third-order valence-corrected chi connectivity index (χ3v) is 3.98. The molecule has 0 saturated carbocycles. The maximum atomic E-state index is 12.9. The Bertz CT molecular complexity index is 589. The summed E-state index contributed by atoms with van der Waals surface area (Å²) in [4.78, 5) is 0. The minimum Gasteiger partial charge on any atom is -0.313 e. The van der Waals surface area contributed by atoms with Crippen LogP contribution >= 0.6 is 11.6 Å². The molecule has 0 radical (unpaired) electrons. The second kappa shape index (κ2) is 6.85. The molecule has 1 aromatic rings. The first-order chi connectivity index (χ1) is 9.51. The minimum absolute atomic E-state index is 0.0847. The Morgan fingerprint density at radius 1 is 1.29 bits per heavy atom. The predicted octanol–water partition coefficient (Wildman–Crippen LogP) is 3.10. The molecule has 0 unspecified atom stereocenters. The van der Waals surface area contributed by atoms with E-state index in [-0.39, 0.29) is 23.4 Å². The molecule has 1 aromatic carbocycles. The number of alkyl halides is 3. The molecule has 2 N–H and O–H groups in total. The largest absolute Gasteiger partial charge is 0.418 e. The summed E-state index contributed by atoms with van der Waals surface area (Å²) in [6, 6.07) is 2.97. The van der Waals surface area contributed by atoms with Crippen molar-refractivity contribution in [3.05, 3.63) is 28.8 Å². The molecule has 0 aliphatic heterocycles. The Morgan fingerprint density at radius 2 is 1.90 bits per heavy atom. The van der Waals surface area contributed by atoms with Crippen LogP contribution in [0.5, 0.6) is 0 Å². The number of benzene rings is 1. The van der Waals surface area contributed by atoms with Crippen LogP contribution in [-0.2, 0) is 16.2 Å². The predicted molar refractivity (Wildman–Crippen MR) is 77.0 cm³/mol. The third kappa shape index (κ3) is 6.11. The number of hydrogen-bond donors (Lipinski definition) is 2. The molecule has 0 fully saturated rings. The monoisotopic (exact) mass is 344 g/mol. The Hall–Kier alpha value is -0.990. The van der Waals surface area contributed by atoms with Gasteiger partial charge in [0, 0.05) is 17.6 Å². The zero-order valence-electron chi connectivity index (χ0n) is 11.5. The smallest absolute Gasteiger partial charge is 0.313 e. The van der Waals surface area contributed by atoms with Gasteiger partial charge in [-0.25, -0.2) is 8.42 Å². The highest BCUT2D eigenvalue weighted by Gasteiger charge is 2.34. The molecule has 0 spiro atoms. The number of nitrogens with one attached hydrogen (secondary N) is 2. The fraction of sp³-hybridized carbons (Fsp3) is 0.500. The van der Waals surface area contributed by atoms with Gasteiger partial charge >= 0.3 is 6.18 Å². The highest BCUT2D eigenvalue weighted by atomic mass is 35.5. The minimum atomic E-state index is -4.70. The molecule has 120 valence electrons. The van der Waals surface area contributed by atoms with Crippen molar-refractivity contribution < 1.29 is 21.6 Å². The number of sulfonamides is 1. The number of halogens is 4. The van der Waals surface area contributed by atoms with Crippen LogP contribution in [0, 0.1) is 0 Å². The van der Waals surface area contributed by atoms with E-state index in [0.29, 0.717) is 6.07 Å². The van der Waals surface area contributed by atoms with E-state index < -0.39 is 27.5 Å². The summed E-state index contributed by atoms with van der Waals surface area (Å²) in [5.74, 6) is -0.328. The molecule has 0 aromatic heterocycles. The topological polar surface area (TPSA) is 58.2 Å². The molecule has 0 aliphatic carbocycles. The van der Waals surface area contributed by atoms with Crippen LogP contribution in [-0.4, -0.2) is 26.8 Å². The van der Waals surface area contributed by atoms with Crippen molar-refractivity contribution in [3.8, 4) is 0 Å². The second-order valence-electron chi connectivity index (χ2n) is 4.72. The number of hydrogen-bond acceptors (Lipinski definition) is 3. The van der Waals surface area contributed by atoms with Gasteiger partial charge < -0.3 is 5.32 Å². The van der Waals surface area contributed by atoms with Gasteiger partial charge in [0.05, 0.1) is 17.0 Å². The summed E-state index contributed by atoms with van der Waals surface area (Å²) in [5.41, 5.74) is -1.65. The molecule has 4 nitrogen and oxygen atoms in total. The fourth-order valence-corrected chi connectivity index (χ4v) is 2.71. The summed E-state index contributed by atoms with van der Waals surface area (Å²) < 4.78 is 64.1. The molecule has 0 bridgehead atoms. The van der Waals surface area contributed by atoms with Gasteiger partial charge in [0.25, 0.3) is 0 Å². The van der Waals surface area contributed by atoms with Crippen LogP contribution in [0.2, 0.25) is 5.02 Å². The van der Waals surface area contributed by atoms with Crippen LogP contribution in [0.1, 0.15) is 19.4 Å². The summed E-state index contributed by atoms with van der Waals surface area (Å²) in [5, 5.41) is 2.76. The molecule has 0 atom stereocenters. The third-order valence-electron chi connectivity index (χ3n) is 2.48.